The highest BCUT2D eigenvalue weighted by atomic mass is 32.2. The number of carbonyl (C=O) groups is 3. The van der Waals surface area contributed by atoms with E-state index in [-0.39, 0.29) is 18.2 Å². The van der Waals surface area contributed by atoms with Crippen molar-refractivity contribution in [2.24, 2.45) is 0 Å². The molecule has 0 bridgehead atoms. The smallest absolute Gasteiger partial charge is 0.338 e. The molecule has 1 N–H and O–H groups in total. The van der Waals surface area contributed by atoms with E-state index < -0.39 is 34.0 Å². The molecule has 1 saturated heterocycles. The van der Waals surface area contributed by atoms with Gasteiger partial charge in [0.25, 0.3) is 5.91 Å². The predicted octanol–water partition coefficient (Wildman–Crippen LogP) is 0.494. The second kappa shape index (κ2) is 6.84. The monoisotopic (exact) mass is 395 g/mol. The minimum atomic E-state index is -3.41. The van der Waals surface area contributed by atoms with E-state index >= 15 is 0 Å². The minimum absolute atomic E-state index is 0.224. The topological polar surface area (TPSA) is 113 Å². The van der Waals surface area contributed by atoms with E-state index in [2.05, 4.69) is 5.32 Å². The number of hydrogen-bond acceptors (Lipinski definition) is 6. The van der Waals surface area contributed by atoms with Gasteiger partial charge in [0.15, 0.2) is 6.10 Å². The fourth-order valence-corrected chi connectivity index (χ4v) is 4.68. The van der Waals surface area contributed by atoms with Gasteiger partial charge < -0.3 is 10.1 Å². The van der Waals surface area contributed by atoms with Crippen molar-refractivity contribution in [1.29, 1.82) is 0 Å². The van der Waals surface area contributed by atoms with Gasteiger partial charge in [-0.1, -0.05) is 0 Å². The Balaban J connectivity index is 1.74. The average molecular weight is 395 g/mol. The summed E-state index contributed by atoms with van der Waals surface area (Å²) in [6.45, 7) is 3.80. The highest BCUT2D eigenvalue weighted by Gasteiger charge is 2.34. The molecule has 0 radical (unpaired) electrons. The number of rotatable bonds is 4. The van der Waals surface area contributed by atoms with Gasteiger partial charge in [-0.05, 0) is 44.0 Å². The molecule has 0 aromatic heterocycles. The lowest BCUT2D eigenvalue weighted by Gasteiger charge is -2.22. The van der Waals surface area contributed by atoms with E-state index in [0.29, 0.717) is 18.7 Å². The first kappa shape index (κ1) is 19.2. The number of urea groups is 1. The summed E-state index contributed by atoms with van der Waals surface area (Å²) in [7, 11) is -3.41. The summed E-state index contributed by atoms with van der Waals surface area (Å²) in [4.78, 5) is 37.2. The number of esters is 1. The molecule has 1 aromatic rings. The molecule has 2 aliphatic rings. The maximum absolute atomic E-state index is 12.4. The third-order valence-electron chi connectivity index (χ3n) is 4.58. The van der Waals surface area contributed by atoms with Crippen LogP contribution in [0.4, 0.5) is 10.5 Å². The van der Waals surface area contributed by atoms with Gasteiger partial charge in [-0.3, -0.25) is 14.0 Å². The molecule has 1 fully saturated rings. The Kier molecular flexibility index (Phi) is 4.85. The molecule has 1 aromatic carbocycles. The van der Waals surface area contributed by atoms with Gasteiger partial charge >= 0.3 is 12.0 Å². The molecule has 9 nitrogen and oxygen atoms in total. The average Bonchev–Trinajstić information content (AvgIpc) is 3.14. The highest BCUT2D eigenvalue weighted by molar-refractivity contribution is 7.92. The first-order valence-electron chi connectivity index (χ1n) is 8.52. The largest absolute Gasteiger partial charge is 0.449 e. The molecule has 10 heteroatoms. The van der Waals surface area contributed by atoms with Crippen molar-refractivity contribution in [2.45, 2.75) is 32.4 Å². The van der Waals surface area contributed by atoms with Crippen LogP contribution < -0.4 is 9.62 Å². The van der Waals surface area contributed by atoms with E-state index in [1.165, 1.54) is 17.3 Å². The molecule has 0 spiro atoms. The van der Waals surface area contributed by atoms with Crippen molar-refractivity contribution in [3.05, 3.63) is 29.3 Å². The van der Waals surface area contributed by atoms with Crippen molar-refractivity contribution < 1.29 is 27.5 Å². The van der Waals surface area contributed by atoms with Crippen LogP contribution in [0.1, 0.15) is 29.8 Å². The number of nitrogens with one attached hydrogen (secondary N) is 1. The van der Waals surface area contributed by atoms with E-state index in [4.69, 9.17) is 4.74 Å². The van der Waals surface area contributed by atoms with Crippen LogP contribution in [0, 0.1) is 0 Å². The molecule has 2 atom stereocenters. The van der Waals surface area contributed by atoms with Gasteiger partial charge in [-0.2, -0.15) is 0 Å². The van der Waals surface area contributed by atoms with Crippen molar-refractivity contribution in [3.63, 3.8) is 0 Å². The molecule has 146 valence electrons. The third kappa shape index (κ3) is 3.61. The molecule has 0 aliphatic carbocycles. The van der Waals surface area contributed by atoms with Gasteiger partial charge in [-0.25, -0.2) is 18.0 Å². The Morgan fingerprint density at radius 3 is 2.63 bits per heavy atom. The SMILES string of the molecule is C[C@H](OC(=O)c1ccc2c(c1)C[C@@H](C)N2S(C)(=O)=O)C(=O)N1CCNC1=O. The van der Waals surface area contributed by atoms with Crippen molar-refractivity contribution in [2.75, 3.05) is 23.7 Å². The molecule has 2 heterocycles. The van der Waals surface area contributed by atoms with Gasteiger partial charge in [-0.15, -0.1) is 0 Å². The quantitative estimate of drug-likeness (QED) is 0.743. The number of hydrogen-bond donors (Lipinski definition) is 1. The van der Waals surface area contributed by atoms with Crippen LogP contribution in [0.15, 0.2) is 18.2 Å². The van der Waals surface area contributed by atoms with Gasteiger partial charge in [0, 0.05) is 19.1 Å². The van der Waals surface area contributed by atoms with Crippen LogP contribution >= 0.6 is 0 Å². The summed E-state index contributed by atoms with van der Waals surface area (Å²) in [5.41, 5.74) is 1.49. The zero-order valence-corrected chi connectivity index (χ0v) is 16.1. The fourth-order valence-electron chi connectivity index (χ4n) is 3.42. The number of sulfonamides is 1. The Morgan fingerprint density at radius 1 is 1.33 bits per heavy atom. The van der Waals surface area contributed by atoms with Gasteiger partial charge in [0.1, 0.15) is 0 Å². The first-order valence-corrected chi connectivity index (χ1v) is 10.4. The third-order valence-corrected chi connectivity index (χ3v) is 5.85. The van der Waals surface area contributed by atoms with Crippen molar-refractivity contribution in [3.8, 4) is 0 Å². The molecular weight excluding hydrogens is 374 g/mol. The maximum Gasteiger partial charge on any atom is 0.338 e. The molecule has 2 aliphatic heterocycles. The van der Waals surface area contributed by atoms with E-state index in [9.17, 15) is 22.8 Å². The summed E-state index contributed by atoms with van der Waals surface area (Å²) < 4.78 is 30.4. The lowest BCUT2D eigenvalue weighted by molar-refractivity contribution is -0.136. The molecular formula is C17H21N3O6S. The predicted molar refractivity (Wildman–Crippen MR) is 96.9 cm³/mol. The second-order valence-electron chi connectivity index (χ2n) is 6.72. The number of ether oxygens (including phenoxy) is 1. The number of nitrogens with zero attached hydrogens (tertiary/aromatic N) is 2. The molecule has 3 rings (SSSR count). The van der Waals surface area contributed by atoms with Crippen LogP contribution in [-0.4, -0.2) is 62.7 Å². The van der Waals surface area contributed by atoms with Crippen LogP contribution in [-0.2, 0) is 26.0 Å². The summed E-state index contributed by atoms with van der Waals surface area (Å²) >= 11 is 0. The lowest BCUT2D eigenvalue weighted by atomic mass is 10.1. The molecule has 27 heavy (non-hydrogen) atoms. The van der Waals surface area contributed by atoms with Crippen LogP contribution in [0.25, 0.3) is 0 Å². The fraction of sp³-hybridized carbons (Fsp3) is 0.471. The zero-order valence-electron chi connectivity index (χ0n) is 15.3. The molecule has 3 amide bonds. The number of fused-ring (bicyclic) bond motifs is 1. The second-order valence-corrected chi connectivity index (χ2v) is 8.58. The number of carbonyl (C=O) groups excluding carboxylic acids is 3. The summed E-state index contributed by atoms with van der Waals surface area (Å²) in [6, 6.07) is 3.87. The summed E-state index contributed by atoms with van der Waals surface area (Å²) in [5.74, 6) is -1.29. The minimum Gasteiger partial charge on any atom is -0.449 e. The molecule has 0 saturated carbocycles. The first-order chi connectivity index (χ1) is 12.6. The normalized spacial score (nSPS) is 20.3. The van der Waals surface area contributed by atoms with Gasteiger partial charge in [0.05, 0.1) is 17.5 Å². The highest BCUT2D eigenvalue weighted by Crippen LogP contribution is 2.34. The number of benzene rings is 1. The Bertz CT molecular complexity index is 913. The van der Waals surface area contributed by atoms with Crippen LogP contribution in [0.5, 0.6) is 0 Å². The van der Waals surface area contributed by atoms with E-state index in [0.717, 1.165) is 16.7 Å². The Hall–Kier alpha value is -2.62. The number of anilines is 1. The number of amides is 3. The van der Waals surface area contributed by atoms with Crippen molar-refractivity contribution in [1.82, 2.24) is 10.2 Å². The summed E-state index contributed by atoms with van der Waals surface area (Å²) in [5, 5.41) is 2.51. The van der Waals surface area contributed by atoms with E-state index in [1.54, 1.807) is 19.1 Å². The van der Waals surface area contributed by atoms with Crippen molar-refractivity contribution >= 4 is 33.6 Å². The Morgan fingerprint density at radius 2 is 2.04 bits per heavy atom. The number of imide groups is 1. The Labute approximate surface area is 157 Å². The van der Waals surface area contributed by atoms with Gasteiger partial charge in [0.2, 0.25) is 10.0 Å². The van der Waals surface area contributed by atoms with Crippen LogP contribution in [0.2, 0.25) is 0 Å². The molecule has 0 unspecified atom stereocenters. The lowest BCUT2D eigenvalue weighted by Crippen LogP contribution is -2.41. The zero-order chi connectivity index (χ0) is 19.9. The maximum atomic E-state index is 12.4. The van der Waals surface area contributed by atoms with Crippen LogP contribution in [0.3, 0.4) is 0 Å². The standard InChI is InChI=1S/C17H21N3O6S/c1-10-8-13-9-12(4-5-14(13)20(10)27(3,24)25)16(22)26-11(2)15(21)19-7-6-18-17(19)23/h4-5,9-11H,6-8H2,1-3H3,(H,18,23)/t10-,11+/m1/s1. The van der Waals surface area contributed by atoms with E-state index in [1.807, 2.05) is 0 Å². The summed E-state index contributed by atoms with van der Waals surface area (Å²) in [6.07, 6.45) is 0.509.